The third kappa shape index (κ3) is 4.24. The zero-order valence-electron chi connectivity index (χ0n) is 17.7. The van der Waals surface area contributed by atoms with E-state index in [-0.39, 0.29) is 24.0 Å². The van der Waals surface area contributed by atoms with Crippen LogP contribution < -0.4 is 19.6 Å². The fraction of sp³-hybridized carbons (Fsp3) is 0.318. The van der Waals surface area contributed by atoms with Crippen LogP contribution in [0, 0.1) is 0 Å². The van der Waals surface area contributed by atoms with Crippen LogP contribution in [-0.4, -0.2) is 39.2 Å². The van der Waals surface area contributed by atoms with Crippen molar-refractivity contribution in [3.63, 3.8) is 0 Å². The van der Waals surface area contributed by atoms with E-state index >= 15 is 0 Å². The summed E-state index contributed by atoms with van der Waals surface area (Å²) in [5.41, 5.74) is 4.33. The van der Waals surface area contributed by atoms with Gasteiger partial charge in [0.25, 0.3) is 5.91 Å². The molecule has 8 nitrogen and oxygen atoms in total. The number of nitrogens with one attached hydrogen (secondary N) is 3. The van der Waals surface area contributed by atoms with Gasteiger partial charge in [-0.1, -0.05) is 13.0 Å². The van der Waals surface area contributed by atoms with Crippen molar-refractivity contribution < 1.29 is 22.1 Å². The van der Waals surface area contributed by atoms with E-state index in [0.29, 0.717) is 16.7 Å². The van der Waals surface area contributed by atoms with E-state index in [9.17, 15) is 13.2 Å². The number of aromatic amines is 1. The Bertz CT molecular complexity index is 1260. The lowest BCUT2D eigenvalue weighted by atomic mass is 9.98. The predicted molar refractivity (Wildman–Crippen MR) is 119 cm³/mol. The molecular weight excluding hydrogens is 418 g/mol. The number of hydrogen-bond acceptors (Lipinski definition) is 6. The van der Waals surface area contributed by atoms with Crippen LogP contribution in [0.5, 0.6) is 11.5 Å². The summed E-state index contributed by atoms with van der Waals surface area (Å²) in [6.07, 6.45) is 2.03. The molecule has 1 aromatic heterocycles. The number of methoxy groups -OCH3 is 1. The number of H-pyrrole nitrogens is 1. The van der Waals surface area contributed by atoms with Gasteiger partial charge in [0.1, 0.15) is 0 Å². The Labute approximate surface area is 181 Å². The molecule has 0 spiro atoms. The number of benzene rings is 2. The van der Waals surface area contributed by atoms with Gasteiger partial charge in [0, 0.05) is 40.8 Å². The average Bonchev–Trinajstić information content (AvgIpc) is 3.31. The molecule has 164 valence electrons. The van der Waals surface area contributed by atoms with Crippen molar-refractivity contribution in [2.24, 2.45) is 0 Å². The van der Waals surface area contributed by atoms with Crippen molar-refractivity contribution in [3.05, 3.63) is 47.0 Å². The number of hydrogen-bond donors (Lipinski definition) is 3. The van der Waals surface area contributed by atoms with Gasteiger partial charge in [-0.25, -0.2) is 0 Å². The first-order chi connectivity index (χ1) is 14.8. The summed E-state index contributed by atoms with van der Waals surface area (Å²) in [4.78, 5) is 16.0. The van der Waals surface area contributed by atoms with Crippen molar-refractivity contribution in [1.29, 1.82) is 0 Å². The molecule has 9 heteroatoms. The summed E-state index contributed by atoms with van der Waals surface area (Å²) in [5.74, 6) is 0.00963. The molecule has 3 aromatic rings. The second-order valence-corrected chi connectivity index (χ2v) is 9.14. The first kappa shape index (κ1) is 21.2. The third-order valence-corrected chi connectivity index (χ3v) is 5.65. The lowest BCUT2D eigenvalue weighted by molar-refractivity contribution is 0.0966. The summed E-state index contributed by atoms with van der Waals surface area (Å²) < 4.78 is 34.1. The largest absolute Gasteiger partial charge is 0.493 e. The molecule has 0 bridgehead atoms. The van der Waals surface area contributed by atoms with Crippen molar-refractivity contribution >= 4 is 26.9 Å². The van der Waals surface area contributed by atoms with Crippen LogP contribution in [0.2, 0.25) is 0 Å². The molecule has 4 rings (SSSR count). The predicted octanol–water partition coefficient (Wildman–Crippen LogP) is 2.92. The van der Waals surface area contributed by atoms with Gasteiger partial charge in [-0.05, 0) is 42.8 Å². The van der Waals surface area contributed by atoms with Gasteiger partial charge in [0.05, 0.1) is 18.9 Å². The SMILES string of the molecule is CCCNCc1ccc2[nH]c(-c3cc(OC)c(OS(C)(=O)=O)c4c3C(=O)NC4)cc2c1. The van der Waals surface area contributed by atoms with Crippen LogP contribution in [-0.2, 0) is 23.2 Å². The summed E-state index contributed by atoms with van der Waals surface area (Å²) in [6, 6.07) is 9.80. The fourth-order valence-corrected chi connectivity index (χ4v) is 4.32. The second kappa shape index (κ2) is 8.24. The van der Waals surface area contributed by atoms with E-state index in [1.54, 1.807) is 6.07 Å². The maximum Gasteiger partial charge on any atom is 0.306 e. The number of rotatable bonds is 8. The number of ether oxygens (including phenoxy) is 1. The second-order valence-electron chi connectivity index (χ2n) is 7.56. The van der Waals surface area contributed by atoms with Gasteiger partial charge in [-0.15, -0.1) is 0 Å². The van der Waals surface area contributed by atoms with Crippen LogP contribution in [0.25, 0.3) is 22.2 Å². The molecule has 0 saturated heterocycles. The normalized spacial score (nSPS) is 13.3. The van der Waals surface area contributed by atoms with Crippen LogP contribution in [0.4, 0.5) is 0 Å². The number of aromatic nitrogens is 1. The number of amides is 1. The van der Waals surface area contributed by atoms with E-state index in [0.717, 1.165) is 42.4 Å². The Hall–Kier alpha value is -3.04. The first-order valence-corrected chi connectivity index (χ1v) is 11.9. The van der Waals surface area contributed by atoms with Crippen LogP contribution in [0.15, 0.2) is 30.3 Å². The van der Waals surface area contributed by atoms with Crippen molar-refractivity contribution in [2.45, 2.75) is 26.4 Å². The third-order valence-electron chi connectivity index (χ3n) is 5.18. The highest BCUT2D eigenvalue weighted by Gasteiger charge is 2.31. The number of carbonyl (C=O) groups is 1. The lowest BCUT2D eigenvalue weighted by Crippen LogP contribution is -2.13. The van der Waals surface area contributed by atoms with Crippen molar-refractivity contribution in [2.75, 3.05) is 19.9 Å². The molecule has 0 atom stereocenters. The first-order valence-electron chi connectivity index (χ1n) is 10.0. The zero-order chi connectivity index (χ0) is 22.2. The molecule has 1 aliphatic heterocycles. The summed E-state index contributed by atoms with van der Waals surface area (Å²) in [7, 11) is -2.36. The minimum atomic E-state index is -3.79. The van der Waals surface area contributed by atoms with Gasteiger partial charge >= 0.3 is 10.1 Å². The van der Waals surface area contributed by atoms with Gasteiger partial charge < -0.3 is 24.5 Å². The Kier molecular flexibility index (Phi) is 5.63. The minimum Gasteiger partial charge on any atom is -0.493 e. The van der Waals surface area contributed by atoms with E-state index in [2.05, 4.69) is 34.7 Å². The molecule has 3 N–H and O–H groups in total. The van der Waals surface area contributed by atoms with Gasteiger partial charge in [-0.3, -0.25) is 4.79 Å². The molecule has 2 aromatic carbocycles. The average molecular weight is 444 g/mol. The number of carbonyl (C=O) groups excluding carboxylic acids is 1. The van der Waals surface area contributed by atoms with Gasteiger partial charge in [0.2, 0.25) is 0 Å². The quantitative estimate of drug-likeness (QED) is 0.365. The lowest BCUT2D eigenvalue weighted by Gasteiger charge is -2.15. The van der Waals surface area contributed by atoms with E-state index in [4.69, 9.17) is 8.92 Å². The Morgan fingerprint density at radius 2 is 2.00 bits per heavy atom. The molecule has 31 heavy (non-hydrogen) atoms. The maximum absolute atomic E-state index is 12.6. The standard InChI is InChI=1S/C22H25N3O5S/c1-4-7-23-11-13-5-6-17-14(8-13)9-18(25-17)15-10-19(29-2)21(30-31(3,27)28)16-12-24-22(26)20(15)16/h5-6,8-10,23,25H,4,7,11-12H2,1-3H3,(H,24,26). The van der Waals surface area contributed by atoms with Crippen LogP contribution >= 0.6 is 0 Å². The van der Waals surface area contributed by atoms with Crippen molar-refractivity contribution in [1.82, 2.24) is 15.6 Å². The van der Waals surface area contributed by atoms with Crippen LogP contribution in [0.3, 0.4) is 0 Å². The minimum absolute atomic E-state index is 0.0440. The molecule has 0 unspecified atom stereocenters. The Morgan fingerprint density at radius 1 is 1.19 bits per heavy atom. The molecule has 0 fully saturated rings. The highest BCUT2D eigenvalue weighted by molar-refractivity contribution is 7.86. The molecular formula is C22H25N3O5S. The van der Waals surface area contributed by atoms with E-state index in [1.165, 1.54) is 12.7 Å². The van der Waals surface area contributed by atoms with Gasteiger partial charge in [-0.2, -0.15) is 8.42 Å². The topological polar surface area (TPSA) is 110 Å². The summed E-state index contributed by atoms with van der Waals surface area (Å²) >= 11 is 0. The highest BCUT2D eigenvalue weighted by atomic mass is 32.2. The maximum atomic E-state index is 12.6. The molecule has 0 saturated carbocycles. The smallest absolute Gasteiger partial charge is 0.306 e. The molecule has 0 aliphatic carbocycles. The molecule has 1 amide bonds. The highest BCUT2D eigenvalue weighted by Crippen LogP contribution is 2.43. The van der Waals surface area contributed by atoms with E-state index in [1.807, 2.05) is 12.1 Å². The molecule has 2 heterocycles. The number of fused-ring (bicyclic) bond motifs is 2. The summed E-state index contributed by atoms with van der Waals surface area (Å²) in [5, 5.41) is 7.17. The molecule has 0 radical (unpaired) electrons. The van der Waals surface area contributed by atoms with Crippen molar-refractivity contribution in [3.8, 4) is 22.8 Å². The monoisotopic (exact) mass is 443 g/mol. The summed E-state index contributed by atoms with van der Waals surface area (Å²) in [6.45, 7) is 4.03. The van der Waals surface area contributed by atoms with Gasteiger partial charge in [0.15, 0.2) is 11.5 Å². The Morgan fingerprint density at radius 3 is 2.71 bits per heavy atom. The van der Waals surface area contributed by atoms with Crippen LogP contribution in [0.1, 0.15) is 34.8 Å². The van der Waals surface area contributed by atoms with E-state index < -0.39 is 10.1 Å². The Balaban J connectivity index is 1.81. The fourth-order valence-electron chi connectivity index (χ4n) is 3.83. The zero-order valence-corrected chi connectivity index (χ0v) is 18.5. The molecule has 1 aliphatic rings.